The highest BCUT2D eigenvalue weighted by Gasteiger charge is 2.23. The molecule has 1 aromatic carbocycles. The first-order valence-electron chi connectivity index (χ1n) is 5.91. The Bertz CT molecular complexity index is 462. The lowest BCUT2D eigenvalue weighted by Crippen LogP contribution is -2.35. The van der Waals surface area contributed by atoms with Crippen LogP contribution in [0.5, 0.6) is 0 Å². The molecule has 1 unspecified atom stereocenters. The fraction of sp³-hybridized carbons (Fsp3) is 0.462. The van der Waals surface area contributed by atoms with Crippen molar-refractivity contribution < 1.29 is 9.52 Å². The molecule has 0 saturated carbocycles. The molecular formula is C13H18N2O2. The van der Waals surface area contributed by atoms with Crippen molar-refractivity contribution in [2.45, 2.75) is 32.2 Å². The fourth-order valence-electron chi connectivity index (χ4n) is 1.76. The number of para-hydroxylation sites is 2. The van der Waals surface area contributed by atoms with Gasteiger partial charge >= 0.3 is 0 Å². The SMILES string of the molecule is CCC(C)(CCO)Nc1nc2ccccc2o1. The Kier molecular flexibility index (Phi) is 3.33. The molecule has 2 N–H and O–H groups in total. The molecule has 0 aliphatic rings. The minimum Gasteiger partial charge on any atom is -0.424 e. The topological polar surface area (TPSA) is 58.3 Å². The van der Waals surface area contributed by atoms with Gasteiger partial charge in [0, 0.05) is 12.1 Å². The van der Waals surface area contributed by atoms with Gasteiger partial charge in [0.15, 0.2) is 5.58 Å². The first kappa shape index (κ1) is 11.9. The fourth-order valence-corrected chi connectivity index (χ4v) is 1.76. The Hall–Kier alpha value is -1.55. The quantitative estimate of drug-likeness (QED) is 0.835. The summed E-state index contributed by atoms with van der Waals surface area (Å²) in [6.07, 6.45) is 1.56. The third-order valence-corrected chi connectivity index (χ3v) is 3.15. The number of oxazole rings is 1. The van der Waals surface area contributed by atoms with Crippen molar-refractivity contribution in [2.75, 3.05) is 11.9 Å². The predicted octanol–water partition coefficient (Wildman–Crippen LogP) is 2.79. The summed E-state index contributed by atoms with van der Waals surface area (Å²) in [4.78, 5) is 4.37. The van der Waals surface area contributed by atoms with Crippen LogP contribution < -0.4 is 5.32 Å². The van der Waals surface area contributed by atoms with E-state index in [0.29, 0.717) is 12.4 Å². The van der Waals surface area contributed by atoms with E-state index in [4.69, 9.17) is 9.52 Å². The van der Waals surface area contributed by atoms with Gasteiger partial charge in [0.1, 0.15) is 5.52 Å². The van der Waals surface area contributed by atoms with Gasteiger partial charge in [-0.3, -0.25) is 0 Å². The molecule has 1 heterocycles. The zero-order valence-corrected chi connectivity index (χ0v) is 10.2. The summed E-state index contributed by atoms with van der Waals surface area (Å²) < 4.78 is 5.61. The lowest BCUT2D eigenvalue weighted by Gasteiger charge is -2.27. The summed E-state index contributed by atoms with van der Waals surface area (Å²) in [6, 6.07) is 8.18. The van der Waals surface area contributed by atoms with Crippen LogP contribution in [0.1, 0.15) is 26.7 Å². The Balaban J connectivity index is 2.22. The van der Waals surface area contributed by atoms with Crippen LogP contribution in [0.4, 0.5) is 6.01 Å². The maximum atomic E-state index is 9.06. The van der Waals surface area contributed by atoms with Gasteiger partial charge < -0.3 is 14.8 Å². The number of rotatable bonds is 5. The molecule has 4 heteroatoms. The number of aliphatic hydroxyl groups excluding tert-OH is 1. The highest BCUT2D eigenvalue weighted by Crippen LogP contribution is 2.24. The smallest absolute Gasteiger partial charge is 0.296 e. The summed E-state index contributed by atoms with van der Waals surface area (Å²) in [6.45, 7) is 4.28. The van der Waals surface area contributed by atoms with Crippen LogP contribution in [0.3, 0.4) is 0 Å². The van der Waals surface area contributed by atoms with Crippen LogP contribution in [0, 0.1) is 0 Å². The van der Waals surface area contributed by atoms with Crippen molar-refractivity contribution in [2.24, 2.45) is 0 Å². The van der Waals surface area contributed by atoms with Crippen molar-refractivity contribution >= 4 is 17.1 Å². The zero-order chi connectivity index (χ0) is 12.3. The molecule has 92 valence electrons. The second-order valence-electron chi connectivity index (χ2n) is 4.50. The van der Waals surface area contributed by atoms with Crippen LogP contribution in [0.15, 0.2) is 28.7 Å². The van der Waals surface area contributed by atoms with E-state index in [1.807, 2.05) is 24.3 Å². The average Bonchev–Trinajstić information content (AvgIpc) is 2.71. The van der Waals surface area contributed by atoms with Crippen molar-refractivity contribution in [3.8, 4) is 0 Å². The number of aromatic nitrogens is 1. The number of nitrogens with one attached hydrogen (secondary N) is 1. The molecule has 0 aliphatic carbocycles. The van der Waals surface area contributed by atoms with E-state index < -0.39 is 0 Å². The van der Waals surface area contributed by atoms with Crippen molar-refractivity contribution in [3.05, 3.63) is 24.3 Å². The molecule has 17 heavy (non-hydrogen) atoms. The van der Waals surface area contributed by atoms with Crippen LogP contribution in [-0.4, -0.2) is 22.2 Å². The molecule has 0 amide bonds. The predicted molar refractivity (Wildman–Crippen MR) is 68.0 cm³/mol. The van der Waals surface area contributed by atoms with Crippen LogP contribution >= 0.6 is 0 Å². The maximum absolute atomic E-state index is 9.06. The van der Waals surface area contributed by atoms with E-state index in [1.165, 1.54) is 0 Å². The number of hydrogen-bond donors (Lipinski definition) is 2. The Morgan fingerprint density at radius 2 is 2.18 bits per heavy atom. The van der Waals surface area contributed by atoms with Crippen molar-refractivity contribution in [3.63, 3.8) is 0 Å². The second-order valence-corrected chi connectivity index (χ2v) is 4.50. The van der Waals surface area contributed by atoms with E-state index in [0.717, 1.165) is 17.5 Å². The van der Waals surface area contributed by atoms with Crippen molar-refractivity contribution in [1.82, 2.24) is 4.98 Å². The summed E-state index contributed by atoms with van der Waals surface area (Å²) in [5, 5.41) is 12.3. The Labute approximate surface area is 101 Å². The molecule has 4 nitrogen and oxygen atoms in total. The lowest BCUT2D eigenvalue weighted by molar-refractivity contribution is 0.250. The molecule has 1 aromatic heterocycles. The number of anilines is 1. The molecule has 0 bridgehead atoms. The van der Waals surface area contributed by atoms with Gasteiger partial charge in [0.25, 0.3) is 6.01 Å². The molecule has 2 aromatic rings. The van der Waals surface area contributed by atoms with E-state index in [1.54, 1.807) is 0 Å². The van der Waals surface area contributed by atoms with E-state index in [-0.39, 0.29) is 12.1 Å². The molecule has 2 rings (SSSR count). The zero-order valence-electron chi connectivity index (χ0n) is 10.2. The summed E-state index contributed by atoms with van der Waals surface area (Å²) in [5.74, 6) is 0. The van der Waals surface area contributed by atoms with Crippen LogP contribution in [-0.2, 0) is 0 Å². The molecule has 1 atom stereocenters. The van der Waals surface area contributed by atoms with Gasteiger partial charge in [0.05, 0.1) is 0 Å². The van der Waals surface area contributed by atoms with Gasteiger partial charge in [-0.25, -0.2) is 0 Å². The minimum absolute atomic E-state index is 0.150. The molecule has 0 aliphatic heterocycles. The number of aliphatic hydroxyl groups is 1. The van der Waals surface area contributed by atoms with Crippen LogP contribution in [0.25, 0.3) is 11.1 Å². The minimum atomic E-state index is -0.185. The van der Waals surface area contributed by atoms with Gasteiger partial charge in [-0.05, 0) is 31.9 Å². The Morgan fingerprint density at radius 1 is 1.41 bits per heavy atom. The normalized spacial score (nSPS) is 14.8. The van der Waals surface area contributed by atoms with E-state index in [2.05, 4.69) is 24.1 Å². The molecule has 0 fully saturated rings. The lowest BCUT2D eigenvalue weighted by atomic mass is 9.95. The summed E-state index contributed by atoms with van der Waals surface area (Å²) in [5.41, 5.74) is 1.44. The molecule has 0 spiro atoms. The maximum Gasteiger partial charge on any atom is 0.296 e. The number of benzene rings is 1. The third-order valence-electron chi connectivity index (χ3n) is 3.15. The monoisotopic (exact) mass is 234 g/mol. The van der Waals surface area contributed by atoms with Gasteiger partial charge in [-0.2, -0.15) is 4.98 Å². The Morgan fingerprint density at radius 3 is 2.82 bits per heavy atom. The van der Waals surface area contributed by atoms with Gasteiger partial charge in [0.2, 0.25) is 0 Å². The first-order chi connectivity index (χ1) is 8.17. The molecule has 0 radical (unpaired) electrons. The average molecular weight is 234 g/mol. The van der Waals surface area contributed by atoms with Gasteiger partial charge in [-0.1, -0.05) is 19.1 Å². The van der Waals surface area contributed by atoms with E-state index >= 15 is 0 Å². The highest BCUT2D eigenvalue weighted by atomic mass is 16.4. The summed E-state index contributed by atoms with van der Waals surface area (Å²) in [7, 11) is 0. The highest BCUT2D eigenvalue weighted by molar-refractivity contribution is 5.74. The van der Waals surface area contributed by atoms with E-state index in [9.17, 15) is 0 Å². The van der Waals surface area contributed by atoms with Crippen LogP contribution in [0.2, 0.25) is 0 Å². The largest absolute Gasteiger partial charge is 0.424 e. The summed E-state index contributed by atoms with van der Waals surface area (Å²) >= 11 is 0. The number of fused-ring (bicyclic) bond motifs is 1. The van der Waals surface area contributed by atoms with Gasteiger partial charge in [-0.15, -0.1) is 0 Å². The third kappa shape index (κ3) is 2.58. The molecule has 0 saturated heterocycles. The number of hydrogen-bond acceptors (Lipinski definition) is 4. The second kappa shape index (κ2) is 4.75. The molecular weight excluding hydrogens is 216 g/mol. The standard InChI is InChI=1S/C13H18N2O2/c1-3-13(2,8-9-16)15-12-14-10-6-4-5-7-11(10)17-12/h4-7,16H,3,8-9H2,1-2H3,(H,14,15). The van der Waals surface area contributed by atoms with Crippen molar-refractivity contribution in [1.29, 1.82) is 0 Å². The first-order valence-corrected chi connectivity index (χ1v) is 5.91. The number of nitrogens with zero attached hydrogens (tertiary/aromatic N) is 1.